The Balaban J connectivity index is 2.49. The smallest absolute Gasteiger partial charge is 0.207 e. The van der Waals surface area contributed by atoms with Gasteiger partial charge in [0.05, 0.1) is 0 Å². The van der Waals surface area contributed by atoms with Crippen molar-refractivity contribution in [3.8, 4) is 0 Å². The molecule has 1 fully saturated rings. The van der Waals surface area contributed by atoms with Crippen molar-refractivity contribution in [2.24, 2.45) is 11.8 Å². The molecule has 2 nitrogen and oxygen atoms in total. The number of amides is 1. The van der Waals surface area contributed by atoms with Crippen molar-refractivity contribution in [1.82, 2.24) is 5.32 Å². The number of carbonyl (C=O) groups excluding carboxylic acids is 1. The van der Waals surface area contributed by atoms with Gasteiger partial charge in [-0.2, -0.15) is 0 Å². The molecule has 1 aliphatic carbocycles. The fraction of sp³-hybridized carbons (Fsp3) is 0.727. The number of carbonyl (C=O) groups is 1. The molecule has 0 saturated heterocycles. The summed E-state index contributed by atoms with van der Waals surface area (Å²) >= 11 is 0. The van der Waals surface area contributed by atoms with Crippen molar-refractivity contribution in [3.05, 3.63) is 12.2 Å². The first-order chi connectivity index (χ1) is 6.13. The van der Waals surface area contributed by atoms with Crippen LogP contribution in [-0.2, 0) is 4.79 Å². The molecular formula is C11H19NO. The number of rotatable bonds is 3. The highest BCUT2D eigenvalue weighted by atomic mass is 16.1. The zero-order valence-electron chi connectivity index (χ0n) is 8.55. The lowest BCUT2D eigenvalue weighted by atomic mass is 9.77. The van der Waals surface area contributed by atoms with Crippen molar-refractivity contribution in [2.75, 3.05) is 0 Å². The van der Waals surface area contributed by atoms with Crippen LogP contribution in [0.5, 0.6) is 0 Å². The lowest BCUT2D eigenvalue weighted by molar-refractivity contribution is -0.110. The van der Waals surface area contributed by atoms with E-state index in [-0.39, 0.29) is 6.04 Å². The van der Waals surface area contributed by atoms with Gasteiger partial charge in [-0.1, -0.05) is 19.1 Å². The molecule has 13 heavy (non-hydrogen) atoms. The van der Waals surface area contributed by atoms with Gasteiger partial charge in [0, 0.05) is 6.04 Å². The van der Waals surface area contributed by atoms with Gasteiger partial charge in [0.1, 0.15) is 0 Å². The summed E-state index contributed by atoms with van der Waals surface area (Å²) in [6, 6.07) is 0.289. The second-order valence-electron chi connectivity index (χ2n) is 4.33. The van der Waals surface area contributed by atoms with Gasteiger partial charge in [0.25, 0.3) is 0 Å². The molecule has 0 bridgehead atoms. The third-order valence-electron chi connectivity index (χ3n) is 2.93. The first-order valence-electron chi connectivity index (χ1n) is 4.99. The van der Waals surface area contributed by atoms with Gasteiger partial charge < -0.3 is 5.32 Å². The van der Waals surface area contributed by atoms with E-state index in [0.29, 0.717) is 5.92 Å². The Bertz CT molecular complexity index is 200. The highest BCUT2D eigenvalue weighted by Crippen LogP contribution is 2.33. The van der Waals surface area contributed by atoms with E-state index in [1.54, 1.807) is 0 Å². The summed E-state index contributed by atoms with van der Waals surface area (Å²) in [4.78, 5) is 10.3. The Hall–Kier alpha value is -0.790. The van der Waals surface area contributed by atoms with Crippen LogP contribution >= 0.6 is 0 Å². The molecule has 3 atom stereocenters. The molecule has 1 amide bonds. The minimum atomic E-state index is 0.289. The lowest BCUT2D eigenvalue weighted by Crippen LogP contribution is -2.35. The van der Waals surface area contributed by atoms with E-state index in [4.69, 9.17) is 0 Å². The van der Waals surface area contributed by atoms with Crippen LogP contribution in [0.2, 0.25) is 0 Å². The van der Waals surface area contributed by atoms with Crippen LogP contribution in [0.4, 0.5) is 0 Å². The molecule has 3 unspecified atom stereocenters. The van der Waals surface area contributed by atoms with E-state index in [9.17, 15) is 4.79 Å². The molecule has 0 aromatic heterocycles. The summed E-state index contributed by atoms with van der Waals surface area (Å²) in [5.41, 5.74) is 1.34. The van der Waals surface area contributed by atoms with Gasteiger partial charge in [0.15, 0.2) is 0 Å². The van der Waals surface area contributed by atoms with Crippen LogP contribution < -0.4 is 5.32 Å². The molecule has 0 aromatic carbocycles. The van der Waals surface area contributed by atoms with Gasteiger partial charge in [-0.3, -0.25) is 4.79 Å². The average Bonchev–Trinajstić information content (AvgIpc) is 2.03. The van der Waals surface area contributed by atoms with Crippen LogP contribution in [0.15, 0.2) is 12.2 Å². The Morgan fingerprint density at radius 1 is 1.62 bits per heavy atom. The normalized spacial score (nSPS) is 31.1. The van der Waals surface area contributed by atoms with Crippen LogP contribution in [0.1, 0.15) is 33.1 Å². The van der Waals surface area contributed by atoms with Crippen molar-refractivity contribution in [2.45, 2.75) is 39.2 Å². The molecule has 1 saturated carbocycles. The fourth-order valence-electron chi connectivity index (χ4n) is 2.25. The predicted molar refractivity (Wildman–Crippen MR) is 54.3 cm³/mol. The minimum Gasteiger partial charge on any atom is -0.356 e. The third-order valence-corrected chi connectivity index (χ3v) is 2.93. The van der Waals surface area contributed by atoms with Crippen LogP contribution in [0.3, 0.4) is 0 Å². The third kappa shape index (κ3) is 2.87. The van der Waals surface area contributed by atoms with Gasteiger partial charge in [-0.15, -0.1) is 0 Å². The number of nitrogens with one attached hydrogen (secondary N) is 1. The highest BCUT2D eigenvalue weighted by Gasteiger charge is 2.25. The van der Waals surface area contributed by atoms with Crippen molar-refractivity contribution in [1.29, 1.82) is 0 Å². The summed E-state index contributed by atoms with van der Waals surface area (Å²) in [5.74, 6) is 1.31. The molecule has 0 aromatic rings. The predicted octanol–water partition coefficient (Wildman–Crippen LogP) is 2.11. The fourth-order valence-corrected chi connectivity index (χ4v) is 2.25. The molecule has 0 aliphatic heterocycles. The maximum Gasteiger partial charge on any atom is 0.207 e. The van der Waals surface area contributed by atoms with Crippen LogP contribution in [0.25, 0.3) is 0 Å². The Kier molecular flexibility index (Phi) is 3.52. The number of hydrogen-bond acceptors (Lipinski definition) is 1. The van der Waals surface area contributed by atoms with Gasteiger partial charge in [-0.05, 0) is 38.0 Å². The zero-order valence-corrected chi connectivity index (χ0v) is 8.55. The average molecular weight is 181 g/mol. The largest absolute Gasteiger partial charge is 0.356 e. The maximum atomic E-state index is 10.3. The monoisotopic (exact) mass is 181 g/mol. The van der Waals surface area contributed by atoms with E-state index in [0.717, 1.165) is 25.2 Å². The SMILES string of the molecule is C=C1CC(C)CC(C(C)NC=O)C1. The topological polar surface area (TPSA) is 29.1 Å². The Morgan fingerprint density at radius 2 is 2.31 bits per heavy atom. The van der Waals surface area contributed by atoms with Gasteiger partial charge in [-0.25, -0.2) is 0 Å². The molecular weight excluding hydrogens is 162 g/mol. The van der Waals surface area contributed by atoms with E-state index in [2.05, 4.69) is 25.7 Å². The Labute approximate surface area is 80.4 Å². The Morgan fingerprint density at radius 3 is 2.85 bits per heavy atom. The van der Waals surface area contributed by atoms with Crippen LogP contribution in [-0.4, -0.2) is 12.5 Å². The van der Waals surface area contributed by atoms with Crippen molar-refractivity contribution >= 4 is 6.41 Å². The van der Waals surface area contributed by atoms with E-state index >= 15 is 0 Å². The molecule has 1 rings (SSSR count). The molecule has 1 aliphatic rings. The summed E-state index contributed by atoms with van der Waals surface area (Å²) in [7, 11) is 0. The lowest BCUT2D eigenvalue weighted by Gasteiger charge is -2.32. The quantitative estimate of drug-likeness (QED) is 0.524. The summed E-state index contributed by atoms with van der Waals surface area (Å²) in [6.07, 6.45) is 4.24. The van der Waals surface area contributed by atoms with E-state index in [1.807, 2.05) is 0 Å². The number of hydrogen-bond donors (Lipinski definition) is 1. The zero-order chi connectivity index (χ0) is 9.84. The summed E-state index contributed by atoms with van der Waals surface area (Å²) in [6.45, 7) is 8.37. The standard InChI is InChI=1S/C11H19NO/c1-8-4-9(2)6-11(5-8)10(3)12-7-13/h7,9-11H,1,4-6H2,2-3H3,(H,12,13). The first-order valence-corrected chi connectivity index (χ1v) is 4.99. The maximum absolute atomic E-state index is 10.3. The second kappa shape index (κ2) is 4.45. The van der Waals surface area contributed by atoms with Gasteiger partial charge in [0.2, 0.25) is 6.41 Å². The molecule has 1 N–H and O–H groups in total. The molecule has 0 spiro atoms. The van der Waals surface area contributed by atoms with Crippen LogP contribution in [0, 0.1) is 11.8 Å². The van der Waals surface area contributed by atoms with Crippen molar-refractivity contribution < 1.29 is 4.79 Å². The number of allylic oxidation sites excluding steroid dienone is 1. The second-order valence-corrected chi connectivity index (χ2v) is 4.33. The molecule has 74 valence electrons. The molecule has 0 heterocycles. The van der Waals surface area contributed by atoms with Gasteiger partial charge >= 0.3 is 0 Å². The van der Waals surface area contributed by atoms with E-state index in [1.165, 1.54) is 12.0 Å². The summed E-state index contributed by atoms with van der Waals surface area (Å²) < 4.78 is 0. The van der Waals surface area contributed by atoms with Crippen molar-refractivity contribution in [3.63, 3.8) is 0 Å². The summed E-state index contributed by atoms with van der Waals surface area (Å²) in [5, 5.41) is 2.83. The minimum absolute atomic E-state index is 0.289. The molecule has 0 radical (unpaired) electrons. The highest BCUT2D eigenvalue weighted by molar-refractivity contribution is 5.46. The first kappa shape index (κ1) is 10.3. The van der Waals surface area contributed by atoms with E-state index < -0.39 is 0 Å². The molecule has 2 heteroatoms.